The highest BCUT2D eigenvalue weighted by molar-refractivity contribution is 5.85. The molecule has 1 heterocycles. The van der Waals surface area contributed by atoms with Gasteiger partial charge in [0.25, 0.3) is 0 Å². The molecule has 0 radical (unpaired) electrons. The van der Waals surface area contributed by atoms with Crippen LogP contribution in [0.15, 0.2) is 30.3 Å². The maximum absolute atomic E-state index is 10.0. The molecule has 1 fully saturated rings. The van der Waals surface area contributed by atoms with Crippen LogP contribution >= 0.6 is 12.4 Å². The summed E-state index contributed by atoms with van der Waals surface area (Å²) in [6.45, 7) is 5.51. The number of β-amino-alcohol motifs (C(OH)–C–C–N with tert-alkyl or cyclic N) is 1. The third-order valence-corrected chi connectivity index (χ3v) is 3.70. The predicted octanol–water partition coefficient (Wildman–Crippen LogP) is 3.03. The molecule has 3 nitrogen and oxygen atoms in total. The molecule has 1 aliphatic rings. The van der Waals surface area contributed by atoms with E-state index in [2.05, 4.69) is 24.0 Å². The van der Waals surface area contributed by atoms with Crippen LogP contribution in [0.25, 0.3) is 0 Å². The van der Waals surface area contributed by atoms with E-state index in [9.17, 15) is 5.11 Å². The summed E-state index contributed by atoms with van der Waals surface area (Å²) in [5.41, 5.74) is 1.19. The van der Waals surface area contributed by atoms with Gasteiger partial charge in [-0.25, -0.2) is 0 Å². The summed E-state index contributed by atoms with van der Waals surface area (Å²) >= 11 is 0. The Morgan fingerprint density at radius 1 is 1.20 bits per heavy atom. The summed E-state index contributed by atoms with van der Waals surface area (Å²) < 4.78 is 5.87. The molecule has 1 N–H and O–H groups in total. The Labute approximate surface area is 128 Å². The van der Waals surface area contributed by atoms with E-state index in [-0.39, 0.29) is 24.6 Å². The summed E-state index contributed by atoms with van der Waals surface area (Å²) in [4.78, 5) is 2.32. The lowest BCUT2D eigenvalue weighted by molar-refractivity contribution is -0.0215. The fraction of sp³-hybridized carbons (Fsp3) is 0.625. The van der Waals surface area contributed by atoms with Crippen molar-refractivity contribution in [1.29, 1.82) is 0 Å². The van der Waals surface area contributed by atoms with Crippen molar-refractivity contribution in [2.24, 2.45) is 0 Å². The van der Waals surface area contributed by atoms with E-state index in [4.69, 9.17) is 4.74 Å². The highest BCUT2D eigenvalue weighted by atomic mass is 35.5. The molecular weight excluding hydrogens is 274 g/mol. The van der Waals surface area contributed by atoms with E-state index >= 15 is 0 Å². The first kappa shape index (κ1) is 17.4. The Morgan fingerprint density at radius 2 is 1.85 bits per heavy atom. The average Bonchev–Trinajstić information content (AvgIpc) is 2.93. The van der Waals surface area contributed by atoms with Gasteiger partial charge in [-0.2, -0.15) is 0 Å². The van der Waals surface area contributed by atoms with Crippen molar-refractivity contribution in [2.75, 3.05) is 26.2 Å². The smallest absolute Gasteiger partial charge is 0.0900 e. The SMILES string of the molecule is CCC(OCC(O)CN1CCCC1)c1ccccc1.Cl. The second-order valence-corrected chi connectivity index (χ2v) is 5.30. The lowest BCUT2D eigenvalue weighted by Crippen LogP contribution is -2.33. The zero-order valence-electron chi connectivity index (χ0n) is 12.2. The maximum atomic E-state index is 10.0. The van der Waals surface area contributed by atoms with Crippen LogP contribution in [0.4, 0.5) is 0 Å². The first-order valence-corrected chi connectivity index (χ1v) is 7.36. The van der Waals surface area contributed by atoms with Crippen LogP contribution in [-0.2, 0) is 4.74 Å². The van der Waals surface area contributed by atoms with E-state index < -0.39 is 0 Å². The monoisotopic (exact) mass is 299 g/mol. The van der Waals surface area contributed by atoms with Gasteiger partial charge in [0.15, 0.2) is 0 Å². The Bertz CT molecular complexity index is 355. The van der Waals surface area contributed by atoms with Crippen molar-refractivity contribution in [3.63, 3.8) is 0 Å². The molecule has 0 amide bonds. The molecule has 0 aromatic heterocycles. The molecule has 0 saturated carbocycles. The number of hydrogen-bond acceptors (Lipinski definition) is 3. The second kappa shape index (κ2) is 9.35. The molecule has 1 saturated heterocycles. The first-order chi connectivity index (χ1) is 9.29. The second-order valence-electron chi connectivity index (χ2n) is 5.30. The van der Waals surface area contributed by atoms with Crippen molar-refractivity contribution in [3.8, 4) is 0 Å². The number of nitrogens with zero attached hydrogens (tertiary/aromatic N) is 1. The molecule has 1 aromatic carbocycles. The van der Waals surface area contributed by atoms with Gasteiger partial charge in [-0.1, -0.05) is 37.3 Å². The summed E-state index contributed by atoms with van der Waals surface area (Å²) in [7, 11) is 0. The fourth-order valence-electron chi connectivity index (χ4n) is 2.66. The normalized spacial score (nSPS) is 18.5. The van der Waals surface area contributed by atoms with Gasteiger partial charge in [0, 0.05) is 6.54 Å². The Hall–Kier alpha value is -0.610. The van der Waals surface area contributed by atoms with Gasteiger partial charge in [0.2, 0.25) is 0 Å². The van der Waals surface area contributed by atoms with Crippen LogP contribution in [0.5, 0.6) is 0 Å². The van der Waals surface area contributed by atoms with Crippen LogP contribution < -0.4 is 0 Å². The molecular formula is C16H26ClNO2. The molecule has 1 aromatic rings. The summed E-state index contributed by atoms with van der Waals surface area (Å²) in [5, 5.41) is 10.0. The number of aliphatic hydroxyl groups excluding tert-OH is 1. The lowest BCUT2D eigenvalue weighted by Gasteiger charge is -2.22. The fourth-order valence-corrected chi connectivity index (χ4v) is 2.66. The van der Waals surface area contributed by atoms with Gasteiger partial charge in [-0.15, -0.1) is 12.4 Å². The van der Waals surface area contributed by atoms with Gasteiger partial charge >= 0.3 is 0 Å². The third-order valence-electron chi connectivity index (χ3n) is 3.70. The van der Waals surface area contributed by atoms with E-state index in [0.717, 1.165) is 26.1 Å². The number of halogens is 1. The van der Waals surface area contributed by atoms with Crippen LogP contribution in [-0.4, -0.2) is 42.4 Å². The molecule has 0 bridgehead atoms. The Morgan fingerprint density at radius 3 is 2.45 bits per heavy atom. The highest BCUT2D eigenvalue weighted by Gasteiger charge is 2.17. The number of rotatable bonds is 7. The van der Waals surface area contributed by atoms with Crippen molar-refractivity contribution >= 4 is 12.4 Å². The van der Waals surface area contributed by atoms with Crippen molar-refractivity contribution in [3.05, 3.63) is 35.9 Å². The molecule has 20 heavy (non-hydrogen) atoms. The zero-order valence-corrected chi connectivity index (χ0v) is 13.0. The minimum absolute atomic E-state index is 0. The largest absolute Gasteiger partial charge is 0.389 e. The van der Waals surface area contributed by atoms with Crippen LogP contribution in [0.2, 0.25) is 0 Å². The van der Waals surface area contributed by atoms with E-state index in [1.54, 1.807) is 0 Å². The molecule has 2 rings (SSSR count). The minimum Gasteiger partial charge on any atom is -0.389 e. The van der Waals surface area contributed by atoms with Gasteiger partial charge in [-0.05, 0) is 37.9 Å². The number of likely N-dealkylation sites (tertiary alicyclic amines) is 1. The maximum Gasteiger partial charge on any atom is 0.0900 e. The summed E-state index contributed by atoms with van der Waals surface area (Å²) in [6.07, 6.45) is 3.16. The Balaban J connectivity index is 0.00000200. The summed E-state index contributed by atoms with van der Waals surface area (Å²) in [6, 6.07) is 10.2. The van der Waals surface area contributed by atoms with Crippen LogP contribution in [0.1, 0.15) is 37.9 Å². The quantitative estimate of drug-likeness (QED) is 0.840. The Kier molecular flexibility index (Phi) is 8.15. The van der Waals surface area contributed by atoms with E-state index in [0.29, 0.717) is 6.61 Å². The number of aliphatic hydroxyl groups is 1. The first-order valence-electron chi connectivity index (χ1n) is 7.36. The van der Waals surface area contributed by atoms with Crippen LogP contribution in [0.3, 0.4) is 0 Å². The predicted molar refractivity (Wildman–Crippen MR) is 84.4 cm³/mol. The molecule has 2 unspecified atom stereocenters. The molecule has 0 aliphatic carbocycles. The van der Waals surface area contributed by atoms with Crippen molar-refractivity contribution in [1.82, 2.24) is 4.90 Å². The zero-order chi connectivity index (χ0) is 13.5. The van der Waals surface area contributed by atoms with Gasteiger partial charge < -0.3 is 14.7 Å². The number of ether oxygens (including phenoxy) is 1. The van der Waals surface area contributed by atoms with E-state index in [1.807, 2.05) is 18.2 Å². The average molecular weight is 300 g/mol. The highest BCUT2D eigenvalue weighted by Crippen LogP contribution is 2.20. The van der Waals surface area contributed by atoms with Gasteiger partial charge in [-0.3, -0.25) is 0 Å². The topological polar surface area (TPSA) is 32.7 Å². The van der Waals surface area contributed by atoms with Gasteiger partial charge in [0.1, 0.15) is 0 Å². The standard InChI is InChI=1S/C16H25NO2.ClH/c1-2-16(14-8-4-3-5-9-14)19-13-15(18)12-17-10-6-7-11-17;/h3-5,8-9,15-16,18H,2,6-7,10-13H2,1H3;1H. The van der Waals surface area contributed by atoms with Gasteiger partial charge in [0.05, 0.1) is 18.8 Å². The van der Waals surface area contributed by atoms with E-state index in [1.165, 1.54) is 18.4 Å². The molecule has 114 valence electrons. The lowest BCUT2D eigenvalue weighted by atomic mass is 10.1. The molecule has 1 aliphatic heterocycles. The number of hydrogen-bond donors (Lipinski definition) is 1. The third kappa shape index (κ3) is 5.41. The molecule has 2 atom stereocenters. The summed E-state index contributed by atoms with van der Waals surface area (Å²) in [5.74, 6) is 0. The van der Waals surface area contributed by atoms with Crippen LogP contribution in [0, 0.1) is 0 Å². The molecule has 0 spiro atoms. The number of benzene rings is 1. The van der Waals surface area contributed by atoms with Crippen molar-refractivity contribution < 1.29 is 9.84 Å². The molecule has 4 heteroatoms. The van der Waals surface area contributed by atoms with Crippen molar-refractivity contribution in [2.45, 2.75) is 38.4 Å². The minimum atomic E-state index is -0.379.